The van der Waals surface area contributed by atoms with Crippen molar-refractivity contribution in [2.45, 2.75) is 64.8 Å². The Hall–Kier alpha value is -0.900. The van der Waals surface area contributed by atoms with Crippen molar-refractivity contribution in [3.8, 4) is 0 Å². The van der Waals surface area contributed by atoms with Crippen LogP contribution in [0.5, 0.6) is 0 Å². The van der Waals surface area contributed by atoms with Crippen molar-refractivity contribution in [1.82, 2.24) is 15.5 Å². The molecular formula is C14H25N3O. The van der Waals surface area contributed by atoms with Gasteiger partial charge in [-0.25, -0.2) is 0 Å². The van der Waals surface area contributed by atoms with E-state index in [0.29, 0.717) is 12.5 Å². The SMILES string of the molecule is CCCNCc1nc(C2CCC(CC)CC2)no1. The average Bonchev–Trinajstić information content (AvgIpc) is 2.88. The van der Waals surface area contributed by atoms with Crippen molar-refractivity contribution in [3.05, 3.63) is 11.7 Å². The molecule has 18 heavy (non-hydrogen) atoms. The van der Waals surface area contributed by atoms with Crippen molar-refractivity contribution in [2.24, 2.45) is 5.92 Å². The first-order valence-electron chi connectivity index (χ1n) is 7.36. The second-order valence-corrected chi connectivity index (χ2v) is 5.35. The van der Waals surface area contributed by atoms with E-state index in [-0.39, 0.29) is 0 Å². The molecule has 1 saturated carbocycles. The lowest BCUT2D eigenvalue weighted by molar-refractivity contribution is 0.302. The van der Waals surface area contributed by atoms with E-state index in [1.54, 1.807) is 0 Å². The fourth-order valence-corrected chi connectivity index (χ4v) is 2.71. The number of hydrogen-bond acceptors (Lipinski definition) is 4. The number of nitrogens with one attached hydrogen (secondary N) is 1. The number of aromatic nitrogens is 2. The van der Waals surface area contributed by atoms with Gasteiger partial charge in [0.05, 0.1) is 6.54 Å². The maximum absolute atomic E-state index is 5.29. The Morgan fingerprint density at radius 1 is 1.22 bits per heavy atom. The molecule has 0 spiro atoms. The molecule has 0 aliphatic heterocycles. The lowest BCUT2D eigenvalue weighted by atomic mass is 9.80. The molecule has 0 unspecified atom stereocenters. The quantitative estimate of drug-likeness (QED) is 0.788. The number of nitrogens with zero attached hydrogens (tertiary/aromatic N) is 2. The van der Waals surface area contributed by atoms with Gasteiger partial charge < -0.3 is 9.84 Å². The van der Waals surface area contributed by atoms with Crippen LogP contribution in [0.15, 0.2) is 4.52 Å². The van der Waals surface area contributed by atoms with Crippen LogP contribution < -0.4 is 5.32 Å². The van der Waals surface area contributed by atoms with E-state index in [9.17, 15) is 0 Å². The van der Waals surface area contributed by atoms with Gasteiger partial charge in [-0.15, -0.1) is 0 Å². The number of hydrogen-bond donors (Lipinski definition) is 1. The Kier molecular flexibility index (Phi) is 5.17. The molecule has 0 atom stereocenters. The molecule has 0 aromatic carbocycles. The summed E-state index contributed by atoms with van der Waals surface area (Å²) < 4.78 is 5.29. The van der Waals surface area contributed by atoms with Gasteiger partial charge in [0.2, 0.25) is 5.89 Å². The summed E-state index contributed by atoms with van der Waals surface area (Å²) in [6, 6.07) is 0. The fourth-order valence-electron chi connectivity index (χ4n) is 2.71. The smallest absolute Gasteiger partial charge is 0.240 e. The van der Waals surface area contributed by atoms with E-state index in [0.717, 1.165) is 30.6 Å². The Morgan fingerprint density at radius 3 is 2.67 bits per heavy atom. The standard InChI is InChI=1S/C14H25N3O/c1-3-9-15-10-13-16-14(17-18-13)12-7-5-11(4-2)6-8-12/h11-12,15H,3-10H2,1-2H3. The molecule has 1 aromatic heterocycles. The molecule has 0 saturated heterocycles. The number of rotatable bonds is 6. The fraction of sp³-hybridized carbons (Fsp3) is 0.857. The first kappa shape index (κ1) is 13.5. The molecule has 1 aliphatic rings. The molecular weight excluding hydrogens is 226 g/mol. The van der Waals surface area contributed by atoms with Crippen LogP contribution in [0.4, 0.5) is 0 Å². The second-order valence-electron chi connectivity index (χ2n) is 5.35. The normalized spacial score (nSPS) is 24.3. The van der Waals surface area contributed by atoms with Gasteiger partial charge in [-0.1, -0.05) is 25.4 Å². The maximum Gasteiger partial charge on any atom is 0.240 e. The molecule has 0 bridgehead atoms. The first-order chi connectivity index (χ1) is 8.83. The zero-order valence-corrected chi connectivity index (χ0v) is 11.6. The molecule has 1 aromatic rings. The van der Waals surface area contributed by atoms with Gasteiger partial charge in [-0.05, 0) is 44.6 Å². The molecule has 1 N–H and O–H groups in total. The summed E-state index contributed by atoms with van der Waals surface area (Å²) in [5.41, 5.74) is 0. The van der Waals surface area contributed by atoms with Crippen molar-refractivity contribution >= 4 is 0 Å². The van der Waals surface area contributed by atoms with Crippen molar-refractivity contribution < 1.29 is 4.52 Å². The van der Waals surface area contributed by atoms with Crippen molar-refractivity contribution in [2.75, 3.05) is 6.54 Å². The lowest BCUT2D eigenvalue weighted by Crippen LogP contribution is -2.15. The van der Waals surface area contributed by atoms with Crippen LogP contribution in [-0.4, -0.2) is 16.7 Å². The van der Waals surface area contributed by atoms with Crippen LogP contribution in [0, 0.1) is 5.92 Å². The minimum absolute atomic E-state index is 0.525. The minimum Gasteiger partial charge on any atom is -0.338 e. The van der Waals surface area contributed by atoms with E-state index in [1.807, 2.05) is 0 Å². The Labute approximate surface area is 110 Å². The van der Waals surface area contributed by atoms with Crippen LogP contribution in [0.25, 0.3) is 0 Å². The van der Waals surface area contributed by atoms with E-state index in [4.69, 9.17) is 4.52 Å². The first-order valence-corrected chi connectivity index (χ1v) is 7.36. The Balaban J connectivity index is 1.82. The van der Waals surface area contributed by atoms with E-state index in [1.165, 1.54) is 32.1 Å². The molecule has 1 aliphatic carbocycles. The van der Waals surface area contributed by atoms with E-state index < -0.39 is 0 Å². The summed E-state index contributed by atoms with van der Waals surface area (Å²) in [5, 5.41) is 7.43. The third-order valence-electron chi connectivity index (χ3n) is 3.98. The Bertz CT molecular complexity index is 343. The third-order valence-corrected chi connectivity index (χ3v) is 3.98. The van der Waals surface area contributed by atoms with Gasteiger partial charge in [0, 0.05) is 5.92 Å². The minimum atomic E-state index is 0.525. The summed E-state index contributed by atoms with van der Waals surface area (Å²) in [7, 11) is 0. The molecule has 2 rings (SSSR count). The van der Waals surface area contributed by atoms with Crippen LogP contribution in [-0.2, 0) is 6.54 Å². The topological polar surface area (TPSA) is 51.0 Å². The predicted molar refractivity (Wildman–Crippen MR) is 71.3 cm³/mol. The molecule has 1 fully saturated rings. The zero-order valence-electron chi connectivity index (χ0n) is 11.6. The van der Waals surface area contributed by atoms with Gasteiger partial charge in [-0.3, -0.25) is 0 Å². The predicted octanol–water partition coefficient (Wildman–Crippen LogP) is 3.25. The molecule has 102 valence electrons. The average molecular weight is 251 g/mol. The van der Waals surface area contributed by atoms with Crippen molar-refractivity contribution in [3.63, 3.8) is 0 Å². The van der Waals surface area contributed by atoms with Gasteiger partial charge in [-0.2, -0.15) is 4.98 Å². The van der Waals surface area contributed by atoms with E-state index in [2.05, 4.69) is 29.3 Å². The van der Waals surface area contributed by atoms with Gasteiger partial charge in [0.15, 0.2) is 5.82 Å². The Morgan fingerprint density at radius 2 is 2.00 bits per heavy atom. The van der Waals surface area contributed by atoms with Crippen LogP contribution in [0.3, 0.4) is 0 Å². The monoisotopic (exact) mass is 251 g/mol. The largest absolute Gasteiger partial charge is 0.338 e. The summed E-state index contributed by atoms with van der Waals surface area (Å²) in [6.45, 7) is 6.14. The van der Waals surface area contributed by atoms with Gasteiger partial charge in [0.1, 0.15) is 0 Å². The lowest BCUT2D eigenvalue weighted by Gasteiger charge is -2.25. The third kappa shape index (κ3) is 3.55. The molecule has 1 heterocycles. The summed E-state index contributed by atoms with van der Waals surface area (Å²) >= 11 is 0. The molecule has 4 nitrogen and oxygen atoms in total. The van der Waals surface area contributed by atoms with Gasteiger partial charge >= 0.3 is 0 Å². The maximum atomic E-state index is 5.29. The summed E-state index contributed by atoms with van der Waals surface area (Å²) in [4.78, 5) is 4.52. The van der Waals surface area contributed by atoms with Crippen molar-refractivity contribution in [1.29, 1.82) is 0 Å². The molecule has 4 heteroatoms. The van der Waals surface area contributed by atoms with Crippen LogP contribution in [0.2, 0.25) is 0 Å². The molecule has 0 amide bonds. The molecule has 0 radical (unpaired) electrons. The highest BCUT2D eigenvalue weighted by molar-refractivity contribution is 4.97. The highest BCUT2D eigenvalue weighted by Crippen LogP contribution is 2.35. The highest BCUT2D eigenvalue weighted by atomic mass is 16.5. The second kappa shape index (κ2) is 6.88. The van der Waals surface area contributed by atoms with Crippen LogP contribution >= 0.6 is 0 Å². The summed E-state index contributed by atoms with van der Waals surface area (Å²) in [5.74, 6) is 3.10. The highest BCUT2D eigenvalue weighted by Gasteiger charge is 2.24. The van der Waals surface area contributed by atoms with Gasteiger partial charge in [0.25, 0.3) is 0 Å². The van der Waals surface area contributed by atoms with E-state index >= 15 is 0 Å². The van der Waals surface area contributed by atoms with Crippen LogP contribution in [0.1, 0.15) is 70.0 Å². The zero-order chi connectivity index (χ0) is 12.8. The summed E-state index contributed by atoms with van der Waals surface area (Å²) in [6.07, 6.45) is 7.52.